The van der Waals surface area contributed by atoms with Crippen LogP contribution in [0.15, 0.2) is 30.6 Å². The SMILES string of the molecule is C=C(F)C(=O)N1CCN(c2nc(OC[C@@H]3COCCN3C)nc3c2CC[C@@]2(CCc4c(Cl)cccc42)C3)C[C@@H]1CC#N. The Kier molecular flexibility index (Phi) is 8.09. The van der Waals surface area contributed by atoms with Gasteiger partial charge < -0.3 is 19.3 Å². The third kappa shape index (κ3) is 5.34. The number of halogens is 2. The lowest BCUT2D eigenvalue weighted by Crippen LogP contribution is -2.55. The van der Waals surface area contributed by atoms with E-state index in [1.165, 1.54) is 16.0 Å². The van der Waals surface area contributed by atoms with Gasteiger partial charge in [0.25, 0.3) is 5.91 Å². The van der Waals surface area contributed by atoms with E-state index in [4.69, 9.17) is 31.0 Å². The van der Waals surface area contributed by atoms with Gasteiger partial charge in [-0.05, 0) is 56.3 Å². The minimum absolute atomic E-state index is 0.0382. The second kappa shape index (κ2) is 11.8. The van der Waals surface area contributed by atoms with Gasteiger partial charge in [0, 0.05) is 42.2 Å². The number of ether oxygens (including phenoxy) is 2. The smallest absolute Gasteiger partial charge is 0.318 e. The van der Waals surface area contributed by atoms with Crippen molar-refractivity contribution in [3.8, 4) is 12.1 Å². The number of piperazine rings is 1. The highest BCUT2D eigenvalue weighted by atomic mass is 35.5. The minimum atomic E-state index is -1.01. The van der Waals surface area contributed by atoms with E-state index in [1.54, 1.807) is 0 Å². The molecule has 3 heterocycles. The Morgan fingerprint density at radius 1 is 1.24 bits per heavy atom. The summed E-state index contributed by atoms with van der Waals surface area (Å²) < 4.78 is 25.7. The summed E-state index contributed by atoms with van der Waals surface area (Å²) in [6.07, 6.45) is 4.56. The highest BCUT2D eigenvalue weighted by molar-refractivity contribution is 6.31. The van der Waals surface area contributed by atoms with Gasteiger partial charge in [-0.1, -0.05) is 30.3 Å². The van der Waals surface area contributed by atoms with E-state index < -0.39 is 17.8 Å². The summed E-state index contributed by atoms with van der Waals surface area (Å²) in [7, 11) is 2.06. The summed E-state index contributed by atoms with van der Waals surface area (Å²) in [4.78, 5) is 28.1. The number of morpholine rings is 1. The third-order valence-electron chi connectivity index (χ3n) is 9.48. The number of carbonyl (C=O) groups is 1. The number of nitrogens with zero attached hydrogens (tertiary/aromatic N) is 6. The average molecular weight is 595 g/mol. The van der Waals surface area contributed by atoms with Crippen LogP contribution in [-0.4, -0.2) is 90.8 Å². The largest absolute Gasteiger partial charge is 0.462 e. The molecule has 4 aliphatic rings. The van der Waals surface area contributed by atoms with Crippen molar-refractivity contribution in [1.29, 1.82) is 5.26 Å². The highest BCUT2D eigenvalue weighted by Gasteiger charge is 2.44. The predicted molar refractivity (Wildman–Crippen MR) is 156 cm³/mol. The number of anilines is 1. The maximum atomic E-state index is 13.8. The first-order chi connectivity index (χ1) is 20.3. The second-order valence-electron chi connectivity index (χ2n) is 11.9. The standard InChI is InChI=1S/C31H36ClFN6O3/c1-20(33)29(40)39-13-12-38(17-21(39)8-11-34)28-24-7-10-31(9-6-23-25(31)4-3-5-26(23)32)16-27(24)35-30(36-28)42-19-22-18-41-15-14-37(22)2/h3-5,21-22H,1,6-10,12-19H2,2H3/t21-,22-,31-/m0/s1. The van der Waals surface area contributed by atoms with Crippen LogP contribution in [0.3, 0.4) is 0 Å². The molecular weight excluding hydrogens is 559 g/mol. The van der Waals surface area contributed by atoms with E-state index in [0.717, 1.165) is 60.7 Å². The molecule has 1 aromatic heterocycles. The van der Waals surface area contributed by atoms with E-state index in [0.29, 0.717) is 38.9 Å². The van der Waals surface area contributed by atoms with E-state index in [-0.39, 0.29) is 24.4 Å². The highest BCUT2D eigenvalue weighted by Crippen LogP contribution is 2.50. The molecule has 0 N–H and O–H groups in total. The third-order valence-corrected chi connectivity index (χ3v) is 9.84. The number of aromatic nitrogens is 2. The first kappa shape index (κ1) is 28.8. The van der Waals surface area contributed by atoms with Crippen molar-refractivity contribution in [2.75, 3.05) is 57.9 Å². The normalized spacial score (nSPS) is 25.6. The molecule has 11 heteroatoms. The first-order valence-electron chi connectivity index (χ1n) is 14.7. The molecule has 1 spiro atoms. The van der Waals surface area contributed by atoms with Crippen molar-refractivity contribution in [3.63, 3.8) is 0 Å². The molecule has 2 fully saturated rings. The van der Waals surface area contributed by atoms with Crippen molar-refractivity contribution in [1.82, 2.24) is 19.8 Å². The van der Waals surface area contributed by atoms with Gasteiger partial charge in [-0.25, -0.2) is 4.39 Å². The maximum absolute atomic E-state index is 13.8. The molecule has 222 valence electrons. The quantitative estimate of drug-likeness (QED) is 0.468. The Morgan fingerprint density at radius 3 is 2.81 bits per heavy atom. The zero-order chi connectivity index (χ0) is 29.4. The van der Waals surface area contributed by atoms with Crippen molar-refractivity contribution in [2.45, 2.75) is 56.0 Å². The summed E-state index contributed by atoms with van der Waals surface area (Å²) >= 11 is 6.60. The molecule has 2 aliphatic carbocycles. The first-order valence-corrected chi connectivity index (χ1v) is 15.0. The van der Waals surface area contributed by atoms with Crippen molar-refractivity contribution >= 4 is 23.3 Å². The van der Waals surface area contributed by atoms with Crippen molar-refractivity contribution < 1.29 is 18.7 Å². The van der Waals surface area contributed by atoms with Gasteiger partial charge in [0.2, 0.25) is 0 Å². The molecule has 42 heavy (non-hydrogen) atoms. The Balaban J connectivity index is 1.33. The number of nitriles is 1. The lowest BCUT2D eigenvalue weighted by atomic mass is 9.69. The summed E-state index contributed by atoms with van der Waals surface area (Å²) in [5.74, 6) is -1.00. The molecule has 0 bridgehead atoms. The topological polar surface area (TPSA) is 94.8 Å². The molecular formula is C31H36ClFN6O3. The summed E-state index contributed by atoms with van der Waals surface area (Å²) in [5, 5.41) is 10.3. The van der Waals surface area contributed by atoms with E-state index >= 15 is 0 Å². The maximum Gasteiger partial charge on any atom is 0.318 e. The van der Waals surface area contributed by atoms with E-state index in [1.807, 2.05) is 12.1 Å². The van der Waals surface area contributed by atoms with Crippen LogP contribution in [0.2, 0.25) is 5.02 Å². The number of carbonyl (C=O) groups excluding carboxylic acids is 1. The van der Waals surface area contributed by atoms with E-state index in [2.05, 4.69) is 35.6 Å². The molecule has 0 saturated carbocycles. The number of hydrogen-bond donors (Lipinski definition) is 0. The molecule has 6 rings (SSSR count). The predicted octanol–water partition coefficient (Wildman–Crippen LogP) is 3.63. The van der Waals surface area contributed by atoms with E-state index in [9.17, 15) is 14.4 Å². The monoisotopic (exact) mass is 594 g/mol. The second-order valence-corrected chi connectivity index (χ2v) is 12.3. The molecule has 2 aliphatic heterocycles. The van der Waals surface area contributed by atoms with Gasteiger partial charge in [0.1, 0.15) is 12.4 Å². The van der Waals surface area contributed by atoms with Crippen LogP contribution in [0.1, 0.15) is 41.6 Å². The number of benzene rings is 1. The van der Waals surface area contributed by atoms with Crippen molar-refractivity contribution in [3.05, 3.63) is 58.0 Å². The lowest BCUT2D eigenvalue weighted by Gasteiger charge is -2.42. The fourth-order valence-corrected chi connectivity index (χ4v) is 7.35. The molecule has 1 amide bonds. The van der Waals surface area contributed by atoms with Gasteiger partial charge >= 0.3 is 6.01 Å². The zero-order valence-electron chi connectivity index (χ0n) is 24.0. The Labute approximate surface area is 250 Å². The molecule has 0 unspecified atom stereocenters. The van der Waals surface area contributed by atoms with Gasteiger partial charge in [0.05, 0.1) is 43.5 Å². The number of likely N-dealkylation sites (N-methyl/N-ethyl adjacent to an activating group) is 1. The molecule has 0 radical (unpaired) electrons. The fourth-order valence-electron chi connectivity index (χ4n) is 7.08. The van der Waals surface area contributed by atoms with Crippen LogP contribution in [0, 0.1) is 11.3 Å². The van der Waals surface area contributed by atoms with Crippen LogP contribution in [0.25, 0.3) is 0 Å². The summed E-state index contributed by atoms with van der Waals surface area (Å²) in [5.41, 5.74) is 4.56. The molecule has 9 nitrogen and oxygen atoms in total. The average Bonchev–Trinajstić information content (AvgIpc) is 3.34. The number of fused-ring (bicyclic) bond motifs is 3. The van der Waals surface area contributed by atoms with Crippen LogP contribution < -0.4 is 9.64 Å². The van der Waals surface area contributed by atoms with Crippen LogP contribution >= 0.6 is 11.6 Å². The van der Waals surface area contributed by atoms with Crippen molar-refractivity contribution in [2.24, 2.45) is 0 Å². The lowest BCUT2D eigenvalue weighted by molar-refractivity contribution is -0.131. The van der Waals surface area contributed by atoms with Gasteiger partial charge in [-0.3, -0.25) is 9.69 Å². The molecule has 2 saturated heterocycles. The van der Waals surface area contributed by atoms with Gasteiger partial charge in [-0.15, -0.1) is 0 Å². The van der Waals surface area contributed by atoms with Crippen LogP contribution in [0.5, 0.6) is 6.01 Å². The Hall–Kier alpha value is -3.26. The summed E-state index contributed by atoms with van der Waals surface area (Å²) in [6, 6.07) is 8.30. The Bertz CT molecular complexity index is 1430. The molecule has 1 aromatic carbocycles. The Morgan fingerprint density at radius 2 is 2.05 bits per heavy atom. The number of rotatable bonds is 6. The minimum Gasteiger partial charge on any atom is -0.462 e. The van der Waals surface area contributed by atoms with Crippen LogP contribution in [-0.2, 0) is 34.2 Å². The van der Waals surface area contributed by atoms with Gasteiger partial charge in [-0.2, -0.15) is 15.2 Å². The van der Waals surface area contributed by atoms with Gasteiger partial charge in [0.15, 0.2) is 5.83 Å². The molecule has 3 atom stereocenters. The fraction of sp³-hybridized carbons (Fsp3) is 0.548. The zero-order valence-corrected chi connectivity index (χ0v) is 24.7. The van der Waals surface area contributed by atoms with Crippen LogP contribution in [0.4, 0.5) is 10.2 Å². The number of hydrogen-bond acceptors (Lipinski definition) is 8. The molecule has 2 aromatic rings. The number of amides is 1. The summed E-state index contributed by atoms with van der Waals surface area (Å²) in [6.45, 7) is 6.78.